The molecule has 94 valence electrons. The lowest BCUT2D eigenvalue weighted by molar-refractivity contribution is 0.431. The molecular weight excluding hydrogens is 247 g/mol. The molecule has 0 spiro atoms. The summed E-state index contributed by atoms with van der Waals surface area (Å²) >= 11 is 0. The van der Waals surface area contributed by atoms with Crippen molar-refractivity contribution in [2.45, 2.75) is 0 Å². The van der Waals surface area contributed by atoms with Crippen LogP contribution in [-0.2, 0) is 0 Å². The molecule has 5 heteroatoms. The highest BCUT2D eigenvalue weighted by Gasteiger charge is 2.14. The summed E-state index contributed by atoms with van der Waals surface area (Å²) in [5, 5.41) is 12.9. The number of phenolic OH excluding ortho intramolecular Hbond substituents is 1. The van der Waals surface area contributed by atoms with Crippen LogP contribution >= 0.6 is 0 Å². The van der Waals surface area contributed by atoms with E-state index in [2.05, 4.69) is 10.1 Å². The van der Waals surface area contributed by atoms with Gasteiger partial charge in [0.2, 0.25) is 5.82 Å². The van der Waals surface area contributed by atoms with E-state index in [1.54, 1.807) is 0 Å². The van der Waals surface area contributed by atoms with Gasteiger partial charge in [-0.15, -0.1) is 0 Å². The Bertz CT molecular complexity index is 710. The zero-order valence-corrected chi connectivity index (χ0v) is 9.75. The van der Waals surface area contributed by atoms with Gasteiger partial charge in [-0.05, 0) is 24.3 Å². The first-order valence-electron chi connectivity index (χ1n) is 5.62. The molecule has 2 aromatic carbocycles. The van der Waals surface area contributed by atoms with E-state index in [-0.39, 0.29) is 17.1 Å². The van der Waals surface area contributed by atoms with E-state index in [0.29, 0.717) is 5.89 Å². The second kappa shape index (κ2) is 4.53. The summed E-state index contributed by atoms with van der Waals surface area (Å²) in [4.78, 5) is 4.14. The molecule has 19 heavy (non-hydrogen) atoms. The van der Waals surface area contributed by atoms with E-state index >= 15 is 0 Å². The Kier molecular flexibility index (Phi) is 2.72. The van der Waals surface area contributed by atoms with Crippen molar-refractivity contribution in [3.63, 3.8) is 0 Å². The first kappa shape index (κ1) is 11.4. The number of rotatable bonds is 2. The largest absolute Gasteiger partial charge is 0.508 e. The average molecular weight is 256 g/mol. The molecule has 1 heterocycles. The zero-order valence-electron chi connectivity index (χ0n) is 9.75. The molecule has 3 aromatic rings. The molecule has 0 saturated carbocycles. The van der Waals surface area contributed by atoms with E-state index < -0.39 is 5.82 Å². The summed E-state index contributed by atoms with van der Waals surface area (Å²) in [6.07, 6.45) is 0. The molecule has 0 unspecified atom stereocenters. The van der Waals surface area contributed by atoms with Crippen molar-refractivity contribution in [1.82, 2.24) is 10.1 Å². The highest BCUT2D eigenvalue weighted by atomic mass is 19.1. The highest BCUT2D eigenvalue weighted by molar-refractivity contribution is 5.60. The van der Waals surface area contributed by atoms with E-state index in [1.807, 2.05) is 30.3 Å². The number of benzene rings is 2. The molecule has 0 saturated heterocycles. The van der Waals surface area contributed by atoms with E-state index in [4.69, 9.17) is 9.63 Å². The van der Waals surface area contributed by atoms with Gasteiger partial charge in [-0.3, -0.25) is 0 Å². The molecule has 0 bridgehead atoms. The molecule has 0 atom stereocenters. The summed E-state index contributed by atoms with van der Waals surface area (Å²) in [5.74, 6) is -0.270. The van der Waals surface area contributed by atoms with Gasteiger partial charge in [0.05, 0.1) is 5.56 Å². The van der Waals surface area contributed by atoms with Crippen LogP contribution in [0.4, 0.5) is 4.39 Å². The Balaban J connectivity index is 2.02. The Morgan fingerprint density at radius 3 is 2.58 bits per heavy atom. The Hall–Kier alpha value is -2.69. The maximum Gasteiger partial charge on any atom is 0.258 e. The zero-order chi connectivity index (χ0) is 13.2. The smallest absolute Gasteiger partial charge is 0.258 e. The minimum Gasteiger partial charge on any atom is -0.508 e. The van der Waals surface area contributed by atoms with Crippen molar-refractivity contribution in [2.75, 3.05) is 0 Å². The van der Waals surface area contributed by atoms with E-state index in [0.717, 1.165) is 11.6 Å². The van der Waals surface area contributed by atoms with E-state index in [1.165, 1.54) is 12.1 Å². The molecule has 0 radical (unpaired) electrons. The Morgan fingerprint density at radius 1 is 1.05 bits per heavy atom. The number of aromatic hydroxyl groups is 1. The van der Waals surface area contributed by atoms with Gasteiger partial charge in [0.25, 0.3) is 5.89 Å². The second-order valence-electron chi connectivity index (χ2n) is 3.95. The average Bonchev–Trinajstić information content (AvgIpc) is 2.89. The number of hydrogen-bond donors (Lipinski definition) is 1. The summed E-state index contributed by atoms with van der Waals surface area (Å²) in [6.45, 7) is 0. The standard InChI is InChI=1S/C14H9FN2O2/c15-12-8-10(18)6-7-11(12)13-16-14(19-17-13)9-4-2-1-3-5-9/h1-8,18H. The van der Waals surface area contributed by atoms with Gasteiger partial charge < -0.3 is 9.63 Å². The quantitative estimate of drug-likeness (QED) is 0.764. The third kappa shape index (κ3) is 2.18. The monoisotopic (exact) mass is 256 g/mol. The summed E-state index contributed by atoms with van der Waals surface area (Å²) in [7, 11) is 0. The molecule has 0 aliphatic rings. The van der Waals surface area contributed by atoms with Gasteiger partial charge >= 0.3 is 0 Å². The van der Waals surface area contributed by atoms with Crippen LogP contribution in [0, 0.1) is 5.82 Å². The van der Waals surface area contributed by atoms with Gasteiger partial charge in [0, 0.05) is 11.6 Å². The lowest BCUT2D eigenvalue weighted by Gasteiger charge is -1.97. The maximum absolute atomic E-state index is 13.7. The minimum atomic E-state index is -0.597. The fourth-order valence-corrected chi connectivity index (χ4v) is 1.72. The van der Waals surface area contributed by atoms with Crippen LogP contribution in [0.5, 0.6) is 5.75 Å². The van der Waals surface area contributed by atoms with Crippen LogP contribution in [0.2, 0.25) is 0 Å². The van der Waals surface area contributed by atoms with Crippen LogP contribution in [0.3, 0.4) is 0 Å². The van der Waals surface area contributed by atoms with Crippen LogP contribution < -0.4 is 0 Å². The van der Waals surface area contributed by atoms with Gasteiger partial charge in [0.15, 0.2) is 0 Å². The highest BCUT2D eigenvalue weighted by Crippen LogP contribution is 2.25. The SMILES string of the molecule is Oc1ccc(-c2noc(-c3ccccc3)n2)c(F)c1. The van der Waals surface area contributed by atoms with Crippen LogP contribution in [-0.4, -0.2) is 15.2 Å². The van der Waals surface area contributed by atoms with Crippen LogP contribution in [0.25, 0.3) is 22.8 Å². The number of phenols is 1. The van der Waals surface area contributed by atoms with Crippen molar-refractivity contribution in [2.24, 2.45) is 0 Å². The summed E-state index contributed by atoms with van der Waals surface area (Å²) < 4.78 is 18.8. The minimum absolute atomic E-state index is 0.145. The fraction of sp³-hybridized carbons (Fsp3) is 0. The van der Waals surface area contributed by atoms with Gasteiger partial charge in [-0.1, -0.05) is 23.4 Å². The molecule has 0 fully saturated rings. The van der Waals surface area contributed by atoms with Crippen molar-refractivity contribution in [3.05, 3.63) is 54.3 Å². The molecule has 0 aliphatic carbocycles. The number of aromatic nitrogens is 2. The third-order valence-corrected chi connectivity index (χ3v) is 2.64. The Morgan fingerprint density at radius 2 is 1.84 bits per heavy atom. The number of nitrogens with zero attached hydrogens (tertiary/aromatic N) is 2. The van der Waals surface area contributed by atoms with Crippen molar-refractivity contribution in [3.8, 4) is 28.6 Å². The first-order valence-corrected chi connectivity index (χ1v) is 5.62. The van der Waals surface area contributed by atoms with Crippen molar-refractivity contribution >= 4 is 0 Å². The van der Waals surface area contributed by atoms with Crippen LogP contribution in [0.15, 0.2) is 53.1 Å². The summed E-state index contributed by atoms with van der Waals surface area (Å²) in [5.41, 5.74) is 0.948. The molecule has 4 nitrogen and oxygen atoms in total. The lowest BCUT2D eigenvalue weighted by atomic mass is 10.2. The first-order chi connectivity index (χ1) is 9.24. The molecule has 1 N–H and O–H groups in total. The summed E-state index contributed by atoms with van der Waals surface area (Å²) in [6, 6.07) is 13.0. The fourth-order valence-electron chi connectivity index (χ4n) is 1.72. The maximum atomic E-state index is 13.7. The van der Waals surface area contributed by atoms with Gasteiger partial charge in [0.1, 0.15) is 11.6 Å². The number of halogens is 1. The van der Waals surface area contributed by atoms with Crippen molar-refractivity contribution in [1.29, 1.82) is 0 Å². The molecule has 0 aliphatic heterocycles. The van der Waals surface area contributed by atoms with E-state index in [9.17, 15) is 4.39 Å². The normalized spacial score (nSPS) is 10.6. The van der Waals surface area contributed by atoms with Gasteiger partial charge in [-0.2, -0.15) is 4.98 Å². The van der Waals surface area contributed by atoms with Crippen LogP contribution in [0.1, 0.15) is 0 Å². The lowest BCUT2D eigenvalue weighted by Crippen LogP contribution is -1.86. The number of hydrogen-bond acceptors (Lipinski definition) is 4. The molecule has 3 rings (SSSR count). The second-order valence-corrected chi connectivity index (χ2v) is 3.95. The van der Waals surface area contributed by atoms with Crippen molar-refractivity contribution < 1.29 is 14.0 Å². The predicted molar refractivity (Wildman–Crippen MR) is 66.8 cm³/mol. The molecular formula is C14H9FN2O2. The molecule has 0 amide bonds. The topological polar surface area (TPSA) is 59.2 Å². The predicted octanol–water partition coefficient (Wildman–Crippen LogP) is 3.25. The third-order valence-electron chi connectivity index (χ3n) is 2.64. The Labute approximate surface area is 108 Å². The molecule has 1 aromatic heterocycles. The van der Waals surface area contributed by atoms with Gasteiger partial charge in [-0.25, -0.2) is 4.39 Å².